The molecule has 2 N–H and O–H groups in total. The molecule has 0 fully saturated rings. The zero-order chi connectivity index (χ0) is 28.6. The van der Waals surface area contributed by atoms with Gasteiger partial charge in [0, 0.05) is 29.3 Å². The van der Waals surface area contributed by atoms with Gasteiger partial charge in [0.15, 0.2) is 0 Å². The molecule has 0 heterocycles. The minimum Gasteiger partial charge on any atom is -0.497 e. The summed E-state index contributed by atoms with van der Waals surface area (Å²) in [7, 11) is 1.63. The van der Waals surface area contributed by atoms with Gasteiger partial charge in [-0.05, 0) is 85.7 Å². The third-order valence-electron chi connectivity index (χ3n) is 7.24. The Bertz CT molecular complexity index is 1300. The average Bonchev–Trinajstić information content (AvgIpc) is 2.99. The van der Waals surface area contributed by atoms with E-state index >= 15 is 0 Å². The van der Waals surface area contributed by atoms with Crippen LogP contribution in [0, 0.1) is 29.1 Å². The molecule has 5 heteroatoms. The lowest BCUT2D eigenvalue weighted by Gasteiger charge is -2.19. The normalized spacial score (nSPS) is 11.9. The maximum Gasteiger partial charge on any atom is 0.227 e. The van der Waals surface area contributed by atoms with E-state index in [1.165, 1.54) is 5.56 Å². The maximum absolute atomic E-state index is 13.0. The number of hydrogen-bond acceptors (Lipinski definition) is 4. The molecule has 0 aliphatic carbocycles. The molecule has 0 aliphatic heterocycles. The first-order valence-corrected chi connectivity index (χ1v) is 14.2. The largest absolute Gasteiger partial charge is 0.497 e. The van der Waals surface area contributed by atoms with Crippen LogP contribution in [0.4, 0.5) is 5.69 Å². The van der Waals surface area contributed by atoms with Crippen molar-refractivity contribution in [2.75, 3.05) is 19.0 Å². The molecule has 0 saturated heterocycles. The summed E-state index contributed by atoms with van der Waals surface area (Å²) >= 11 is 0. The molecular formula is C35H40N2O3. The molecule has 3 aromatic rings. The first-order valence-electron chi connectivity index (χ1n) is 14.2. The monoisotopic (exact) mass is 536 g/mol. The molecule has 0 aliphatic rings. The number of nitrogens with one attached hydrogen (secondary N) is 1. The molecule has 3 rings (SSSR count). The van der Waals surface area contributed by atoms with E-state index in [9.17, 15) is 15.2 Å². The second-order valence-electron chi connectivity index (χ2n) is 10.1. The lowest BCUT2D eigenvalue weighted by Crippen LogP contribution is -2.23. The van der Waals surface area contributed by atoms with Crippen molar-refractivity contribution in [2.45, 2.75) is 64.2 Å². The highest BCUT2D eigenvalue weighted by atomic mass is 16.5. The molecule has 208 valence electrons. The number of carbonyl (C=O) groups excluding carboxylic acids is 1. The van der Waals surface area contributed by atoms with E-state index in [1.807, 2.05) is 54.6 Å². The number of nitrogens with zero attached hydrogens (tertiary/aromatic N) is 1. The maximum atomic E-state index is 13.0. The third kappa shape index (κ3) is 9.60. The van der Waals surface area contributed by atoms with E-state index < -0.39 is 0 Å². The van der Waals surface area contributed by atoms with Crippen molar-refractivity contribution >= 4 is 11.6 Å². The van der Waals surface area contributed by atoms with Crippen LogP contribution in [-0.2, 0) is 4.79 Å². The van der Waals surface area contributed by atoms with Crippen LogP contribution < -0.4 is 10.1 Å². The van der Waals surface area contributed by atoms with E-state index in [-0.39, 0.29) is 24.3 Å². The number of aliphatic hydroxyl groups is 1. The first kappa shape index (κ1) is 30.5. The highest BCUT2D eigenvalue weighted by Gasteiger charge is 2.19. The van der Waals surface area contributed by atoms with E-state index in [4.69, 9.17) is 4.74 Å². The zero-order valence-corrected chi connectivity index (χ0v) is 23.7. The van der Waals surface area contributed by atoms with Gasteiger partial charge < -0.3 is 15.2 Å². The molecule has 5 nitrogen and oxygen atoms in total. The topological polar surface area (TPSA) is 82.3 Å². The van der Waals surface area contributed by atoms with Crippen LogP contribution in [-0.4, -0.2) is 24.7 Å². The van der Waals surface area contributed by atoms with Crippen molar-refractivity contribution in [3.63, 3.8) is 0 Å². The third-order valence-corrected chi connectivity index (χ3v) is 7.24. The standard InChI is InChI=1S/C35H40N2O3/c1-3-4-9-31(35(39)37-33-20-22-34(40-2)23-21-33)12-7-5-11-29(24-25-38)30-18-15-27(16-19-30)14-17-28-10-6-8-13-32(28)26-36/h6,8,10,13,15-16,18-23,29,31,38H,3-5,7,9,11-12,24-25H2,1-2H3,(H,37,39)/t29-,31?/m1/s1. The lowest BCUT2D eigenvalue weighted by atomic mass is 9.88. The summed E-state index contributed by atoms with van der Waals surface area (Å²) in [5, 5.41) is 22.0. The molecule has 0 bridgehead atoms. The SMILES string of the molecule is CCCCC(CCCC[C@H](CCO)c1ccc(C#Cc2ccccc2C#N)cc1)C(=O)Nc1ccc(OC)cc1. The van der Waals surface area contributed by atoms with E-state index in [1.54, 1.807) is 13.2 Å². The van der Waals surface area contributed by atoms with Crippen LogP contribution in [0.1, 0.15) is 86.5 Å². The van der Waals surface area contributed by atoms with Gasteiger partial charge in [-0.15, -0.1) is 0 Å². The predicted molar refractivity (Wildman–Crippen MR) is 161 cm³/mol. The number of hydrogen-bond donors (Lipinski definition) is 2. The van der Waals surface area contributed by atoms with Gasteiger partial charge in [0.25, 0.3) is 0 Å². The van der Waals surface area contributed by atoms with Gasteiger partial charge >= 0.3 is 0 Å². The number of amides is 1. The van der Waals surface area contributed by atoms with E-state index in [2.05, 4.69) is 42.3 Å². The summed E-state index contributed by atoms with van der Waals surface area (Å²) in [4.78, 5) is 13.0. The number of nitriles is 1. The summed E-state index contributed by atoms with van der Waals surface area (Å²) in [6.45, 7) is 2.29. The second kappa shape index (κ2) is 16.8. The molecular weight excluding hydrogens is 496 g/mol. The number of carbonyl (C=O) groups is 1. The molecule has 0 saturated carbocycles. The summed E-state index contributed by atoms with van der Waals surface area (Å²) in [6, 6.07) is 25.2. The number of aliphatic hydroxyl groups excluding tert-OH is 1. The van der Waals surface area contributed by atoms with Gasteiger partial charge in [-0.3, -0.25) is 4.79 Å². The molecule has 0 aromatic heterocycles. The number of rotatable bonds is 14. The first-order chi connectivity index (χ1) is 19.6. The van der Waals surface area contributed by atoms with Gasteiger partial charge in [-0.25, -0.2) is 0 Å². The quantitative estimate of drug-likeness (QED) is 0.166. The van der Waals surface area contributed by atoms with Gasteiger partial charge in [0.1, 0.15) is 11.8 Å². The number of unbranched alkanes of at least 4 members (excludes halogenated alkanes) is 2. The minimum absolute atomic E-state index is 0.0117. The van der Waals surface area contributed by atoms with Gasteiger partial charge in [0.05, 0.1) is 12.7 Å². The van der Waals surface area contributed by atoms with Crippen molar-refractivity contribution in [1.82, 2.24) is 0 Å². The van der Waals surface area contributed by atoms with Crippen molar-refractivity contribution in [1.29, 1.82) is 5.26 Å². The summed E-state index contributed by atoms with van der Waals surface area (Å²) < 4.78 is 5.21. The molecule has 1 unspecified atom stereocenters. The van der Waals surface area contributed by atoms with Crippen molar-refractivity contribution in [3.8, 4) is 23.7 Å². The van der Waals surface area contributed by atoms with Crippen LogP contribution in [0.25, 0.3) is 0 Å². The van der Waals surface area contributed by atoms with Crippen LogP contribution >= 0.6 is 0 Å². The fraction of sp³-hybridized carbons (Fsp3) is 0.371. The van der Waals surface area contributed by atoms with Crippen LogP contribution in [0.3, 0.4) is 0 Å². The van der Waals surface area contributed by atoms with Gasteiger partial charge in [-0.1, -0.05) is 68.7 Å². The minimum atomic E-state index is -0.0117. The van der Waals surface area contributed by atoms with Crippen molar-refractivity contribution in [3.05, 3.63) is 95.1 Å². The molecule has 40 heavy (non-hydrogen) atoms. The number of methoxy groups -OCH3 is 1. The Hall–Kier alpha value is -4.06. The molecule has 2 atom stereocenters. The summed E-state index contributed by atoms with van der Waals surface area (Å²) in [6.07, 6.45) is 7.47. The molecule has 0 spiro atoms. The average molecular weight is 537 g/mol. The second-order valence-corrected chi connectivity index (χ2v) is 10.1. The predicted octanol–water partition coefficient (Wildman–Crippen LogP) is 7.44. The Morgan fingerprint density at radius 2 is 1.55 bits per heavy atom. The van der Waals surface area contributed by atoms with Crippen molar-refractivity contribution in [2.24, 2.45) is 5.92 Å². The highest BCUT2D eigenvalue weighted by Crippen LogP contribution is 2.28. The number of benzene rings is 3. The van der Waals surface area contributed by atoms with Crippen LogP contribution in [0.15, 0.2) is 72.8 Å². The highest BCUT2D eigenvalue weighted by molar-refractivity contribution is 5.92. The van der Waals surface area contributed by atoms with Crippen molar-refractivity contribution < 1.29 is 14.6 Å². The lowest BCUT2D eigenvalue weighted by molar-refractivity contribution is -0.120. The van der Waals surface area contributed by atoms with Gasteiger partial charge in [-0.2, -0.15) is 5.26 Å². The molecule has 1 amide bonds. The Morgan fingerprint density at radius 1 is 0.875 bits per heavy atom. The fourth-order valence-electron chi connectivity index (χ4n) is 4.86. The molecule has 0 radical (unpaired) electrons. The van der Waals surface area contributed by atoms with Crippen LogP contribution in [0.2, 0.25) is 0 Å². The Labute approximate surface area is 239 Å². The zero-order valence-electron chi connectivity index (χ0n) is 23.7. The summed E-state index contributed by atoms with van der Waals surface area (Å²) in [5.74, 6) is 7.35. The van der Waals surface area contributed by atoms with E-state index in [0.29, 0.717) is 12.0 Å². The number of ether oxygens (including phenoxy) is 1. The Kier molecular flexibility index (Phi) is 12.8. The van der Waals surface area contributed by atoms with Crippen LogP contribution in [0.5, 0.6) is 5.75 Å². The van der Waals surface area contributed by atoms with E-state index in [0.717, 1.165) is 67.5 Å². The summed E-state index contributed by atoms with van der Waals surface area (Å²) in [5.41, 5.74) is 4.17. The van der Waals surface area contributed by atoms with Gasteiger partial charge in [0.2, 0.25) is 5.91 Å². The fourth-order valence-corrected chi connectivity index (χ4v) is 4.86. The molecule has 3 aromatic carbocycles. The Morgan fingerprint density at radius 3 is 2.20 bits per heavy atom. The smallest absolute Gasteiger partial charge is 0.227 e. The number of anilines is 1. The Balaban J connectivity index is 1.55.